The van der Waals surface area contributed by atoms with Crippen molar-refractivity contribution < 1.29 is 22.0 Å². The molecule has 15 heavy (non-hydrogen) atoms. The van der Waals surface area contributed by atoms with Crippen molar-refractivity contribution in [2.24, 2.45) is 0 Å². The van der Waals surface area contributed by atoms with Crippen LogP contribution < -0.4 is 11.3 Å². The van der Waals surface area contributed by atoms with Crippen molar-refractivity contribution in [3.8, 4) is 0 Å². The molecule has 0 aliphatic rings. The smallest absolute Gasteiger partial charge is 0.397 e. The first kappa shape index (κ1) is 11.5. The Bertz CT molecular complexity index is 422. The molecule has 0 bridgehead atoms. The van der Waals surface area contributed by atoms with Gasteiger partial charge in [-0.2, -0.15) is 13.2 Å². The van der Waals surface area contributed by atoms with Gasteiger partial charge in [-0.1, -0.05) is 0 Å². The molecule has 0 spiro atoms. The highest BCUT2D eigenvalue weighted by Crippen LogP contribution is 2.35. The summed E-state index contributed by atoms with van der Waals surface area (Å²) in [7, 11) is 0. The maximum absolute atomic E-state index is 12.2. The summed E-state index contributed by atoms with van der Waals surface area (Å²) in [4.78, 5) is 12.2. The van der Waals surface area contributed by atoms with E-state index in [0.29, 0.717) is 0 Å². The summed E-state index contributed by atoms with van der Waals surface area (Å²) in [5.41, 5.74) is -0.325. The Balaban J connectivity index is 3.49. The second-order valence-electron chi connectivity index (χ2n) is 2.67. The number of H-pyrrole nitrogens is 1. The van der Waals surface area contributed by atoms with Gasteiger partial charge in [0.25, 0.3) is 6.43 Å². The van der Waals surface area contributed by atoms with Gasteiger partial charge >= 0.3 is 6.18 Å². The SMILES string of the molecule is Nc1c(C(F)(F)F)cc(=O)[nH]c1C(F)F. The third kappa shape index (κ3) is 2.25. The van der Waals surface area contributed by atoms with Crippen molar-refractivity contribution in [2.75, 3.05) is 5.73 Å². The summed E-state index contributed by atoms with van der Waals surface area (Å²) in [5.74, 6) is 0. The van der Waals surface area contributed by atoms with E-state index in [9.17, 15) is 26.7 Å². The highest BCUT2D eigenvalue weighted by molar-refractivity contribution is 5.52. The van der Waals surface area contributed by atoms with Crippen LogP contribution in [0.25, 0.3) is 0 Å². The molecule has 0 atom stereocenters. The van der Waals surface area contributed by atoms with Gasteiger partial charge in [0, 0.05) is 6.07 Å². The molecule has 1 aromatic rings. The van der Waals surface area contributed by atoms with Gasteiger partial charge in [0.05, 0.1) is 11.3 Å². The Morgan fingerprint density at radius 1 is 1.33 bits per heavy atom. The number of rotatable bonds is 1. The molecular formula is C7H5F5N2O. The fourth-order valence-corrected chi connectivity index (χ4v) is 0.997. The third-order valence-electron chi connectivity index (χ3n) is 1.64. The first-order valence-corrected chi connectivity index (χ1v) is 3.61. The molecule has 0 aliphatic carbocycles. The highest BCUT2D eigenvalue weighted by Gasteiger charge is 2.35. The number of pyridine rings is 1. The molecule has 0 saturated carbocycles. The first-order valence-electron chi connectivity index (χ1n) is 3.61. The molecule has 1 rings (SSSR count). The number of nitrogens with two attached hydrogens (primary N) is 1. The van der Waals surface area contributed by atoms with Crippen LogP contribution in [-0.4, -0.2) is 4.98 Å². The predicted octanol–water partition coefficient (Wildman–Crippen LogP) is 1.91. The van der Waals surface area contributed by atoms with E-state index in [2.05, 4.69) is 0 Å². The van der Waals surface area contributed by atoms with E-state index in [1.807, 2.05) is 0 Å². The second kappa shape index (κ2) is 3.52. The number of nitrogens with one attached hydrogen (secondary N) is 1. The van der Waals surface area contributed by atoms with Crippen LogP contribution in [0.2, 0.25) is 0 Å². The van der Waals surface area contributed by atoms with Crippen LogP contribution in [0.5, 0.6) is 0 Å². The molecule has 3 nitrogen and oxygen atoms in total. The minimum Gasteiger partial charge on any atom is -0.397 e. The molecule has 0 unspecified atom stereocenters. The van der Waals surface area contributed by atoms with Crippen LogP contribution in [-0.2, 0) is 6.18 Å². The Morgan fingerprint density at radius 2 is 1.87 bits per heavy atom. The zero-order chi connectivity index (χ0) is 11.8. The van der Waals surface area contributed by atoms with Gasteiger partial charge in [0.2, 0.25) is 5.56 Å². The van der Waals surface area contributed by atoms with E-state index >= 15 is 0 Å². The summed E-state index contributed by atoms with van der Waals surface area (Å²) in [6.45, 7) is 0. The molecule has 84 valence electrons. The van der Waals surface area contributed by atoms with Crippen molar-refractivity contribution in [1.82, 2.24) is 4.98 Å². The summed E-state index contributed by atoms with van der Waals surface area (Å²) >= 11 is 0. The number of anilines is 1. The average molecular weight is 228 g/mol. The van der Waals surface area contributed by atoms with E-state index in [1.165, 1.54) is 0 Å². The minimum absolute atomic E-state index is 0.140. The molecule has 0 radical (unpaired) electrons. The molecule has 8 heteroatoms. The number of aromatic amines is 1. The Kier molecular flexibility index (Phi) is 2.69. The van der Waals surface area contributed by atoms with Crippen molar-refractivity contribution in [3.63, 3.8) is 0 Å². The topological polar surface area (TPSA) is 58.9 Å². The van der Waals surface area contributed by atoms with E-state index < -0.39 is 35.1 Å². The van der Waals surface area contributed by atoms with Gasteiger partial charge in [-0.05, 0) is 0 Å². The van der Waals surface area contributed by atoms with Gasteiger partial charge < -0.3 is 10.7 Å². The lowest BCUT2D eigenvalue weighted by Crippen LogP contribution is -2.19. The Morgan fingerprint density at radius 3 is 2.27 bits per heavy atom. The van der Waals surface area contributed by atoms with Crippen molar-refractivity contribution in [3.05, 3.63) is 27.7 Å². The predicted molar refractivity (Wildman–Crippen MR) is 41.4 cm³/mol. The maximum Gasteiger partial charge on any atom is 0.418 e. The fraction of sp³-hybridized carbons (Fsp3) is 0.286. The number of hydrogen-bond acceptors (Lipinski definition) is 2. The second-order valence-corrected chi connectivity index (χ2v) is 2.67. The summed E-state index contributed by atoms with van der Waals surface area (Å²) in [6.07, 6.45) is -8.19. The van der Waals surface area contributed by atoms with E-state index in [0.717, 1.165) is 0 Å². The summed E-state index contributed by atoms with van der Waals surface area (Å²) in [6, 6.07) is 0.140. The van der Waals surface area contributed by atoms with Crippen LogP contribution in [0.4, 0.5) is 27.6 Å². The summed E-state index contributed by atoms with van der Waals surface area (Å²) in [5, 5.41) is 0. The van der Waals surface area contributed by atoms with Crippen molar-refractivity contribution >= 4 is 5.69 Å². The van der Waals surface area contributed by atoms with Gasteiger partial charge in [-0.15, -0.1) is 0 Å². The van der Waals surface area contributed by atoms with Crippen LogP contribution in [0.15, 0.2) is 10.9 Å². The van der Waals surface area contributed by atoms with Crippen molar-refractivity contribution in [1.29, 1.82) is 0 Å². The van der Waals surface area contributed by atoms with E-state index in [4.69, 9.17) is 5.73 Å². The van der Waals surface area contributed by atoms with E-state index in [-0.39, 0.29) is 6.07 Å². The zero-order valence-electron chi connectivity index (χ0n) is 7.03. The quantitative estimate of drug-likeness (QED) is 0.721. The first-order chi connectivity index (χ1) is 6.73. The molecular weight excluding hydrogens is 223 g/mol. The fourth-order valence-electron chi connectivity index (χ4n) is 0.997. The Hall–Kier alpha value is -1.60. The third-order valence-corrected chi connectivity index (χ3v) is 1.64. The van der Waals surface area contributed by atoms with Gasteiger partial charge in [-0.3, -0.25) is 4.79 Å². The normalized spacial score (nSPS) is 12.1. The van der Waals surface area contributed by atoms with E-state index in [1.54, 1.807) is 4.98 Å². The number of nitrogen functional groups attached to an aromatic ring is 1. The standard InChI is InChI=1S/C7H5F5N2O/c8-6(9)5-4(13)2(7(10,11)12)1-3(15)14-5/h1,6H,13H2,(H,14,15). The van der Waals surface area contributed by atoms with Gasteiger partial charge in [-0.25, -0.2) is 8.78 Å². The lowest BCUT2D eigenvalue weighted by atomic mass is 10.1. The van der Waals surface area contributed by atoms with Crippen LogP contribution in [0.3, 0.4) is 0 Å². The number of halogens is 5. The monoisotopic (exact) mass is 228 g/mol. The maximum atomic E-state index is 12.2. The molecule has 1 heterocycles. The van der Waals surface area contributed by atoms with Crippen LogP contribution in [0.1, 0.15) is 17.7 Å². The molecule has 3 N–H and O–H groups in total. The molecule has 0 amide bonds. The largest absolute Gasteiger partial charge is 0.418 e. The van der Waals surface area contributed by atoms with Gasteiger partial charge in [0.1, 0.15) is 5.69 Å². The molecule has 0 aromatic carbocycles. The minimum atomic E-state index is -4.93. The number of aromatic nitrogens is 1. The van der Waals surface area contributed by atoms with Crippen LogP contribution in [0, 0.1) is 0 Å². The highest BCUT2D eigenvalue weighted by atomic mass is 19.4. The molecule has 0 aliphatic heterocycles. The zero-order valence-corrected chi connectivity index (χ0v) is 7.03. The Labute approximate surface area is 79.7 Å². The molecule has 1 aromatic heterocycles. The molecule has 0 saturated heterocycles. The average Bonchev–Trinajstić information content (AvgIpc) is 2.06. The number of alkyl halides is 5. The lowest BCUT2D eigenvalue weighted by molar-refractivity contribution is -0.137. The lowest BCUT2D eigenvalue weighted by Gasteiger charge is -2.12. The summed E-state index contributed by atoms with van der Waals surface area (Å²) < 4.78 is 60.9. The van der Waals surface area contributed by atoms with Gasteiger partial charge in [0.15, 0.2) is 0 Å². The number of hydrogen-bond donors (Lipinski definition) is 2. The molecule has 0 fully saturated rings. The van der Waals surface area contributed by atoms with Crippen molar-refractivity contribution in [2.45, 2.75) is 12.6 Å². The van der Waals surface area contributed by atoms with Crippen LogP contribution >= 0.6 is 0 Å².